The number of amides is 1. The van der Waals surface area contributed by atoms with E-state index in [1.54, 1.807) is 25.1 Å². The second-order valence-corrected chi connectivity index (χ2v) is 8.44. The van der Waals surface area contributed by atoms with Crippen molar-refractivity contribution in [2.75, 3.05) is 6.54 Å². The topological polar surface area (TPSA) is 38.3 Å². The summed E-state index contributed by atoms with van der Waals surface area (Å²) in [6.45, 7) is 4.27. The van der Waals surface area contributed by atoms with Crippen molar-refractivity contribution in [3.63, 3.8) is 0 Å². The first-order valence-electron chi connectivity index (χ1n) is 9.87. The van der Waals surface area contributed by atoms with E-state index in [1.165, 1.54) is 24.3 Å². The monoisotopic (exact) mass is 471 g/mol. The number of ether oxygens (including phenoxy) is 1. The van der Waals surface area contributed by atoms with Crippen molar-refractivity contribution < 1.29 is 22.7 Å². The van der Waals surface area contributed by atoms with Gasteiger partial charge in [0.1, 0.15) is 5.75 Å². The van der Waals surface area contributed by atoms with Crippen LogP contribution >= 0.6 is 23.2 Å². The molecule has 0 aliphatic carbocycles. The van der Waals surface area contributed by atoms with Gasteiger partial charge in [0.2, 0.25) is 11.5 Å². The fourth-order valence-electron chi connectivity index (χ4n) is 3.52. The molecule has 0 bridgehead atoms. The Kier molecular flexibility index (Phi) is 6.92. The molecule has 8 heteroatoms. The minimum Gasteiger partial charge on any atom is -0.472 e. The van der Waals surface area contributed by atoms with Crippen LogP contribution in [0, 0.1) is 0 Å². The van der Waals surface area contributed by atoms with Crippen molar-refractivity contribution in [1.29, 1.82) is 0 Å². The summed E-state index contributed by atoms with van der Waals surface area (Å²) in [6.07, 6.45) is -1.64. The van der Waals surface area contributed by atoms with Crippen LogP contribution in [0.25, 0.3) is 6.08 Å². The van der Waals surface area contributed by atoms with Crippen molar-refractivity contribution in [3.05, 3.63) is 68.7 Å². The Morgan fingerprint density at radius 1 is 1.19 bits per heavy atom. The molecule has 31 heavy (non-hydrogen) atoms. The number of rotatable bonds is 6. The van der Waals surface area contributed by atoms with Gasteiger partial charge in [-0.05, 0) is 60.9 Å². The Labute approximate surface area is 189 Å². The van der Waals surface area contributed by atoms with Gasteiger partial charge in [-0.25, -0.2) is 0 Å². The SMILES string of the molecule is CCCCNC(=O)C(C)=Cc1ccc2c(c1)CC(c1cc(Cl)cc(Cl)c1)(C(F)(F)F)O2. The molecule has 1 heterocycles. The molecule has 3 rings (SSSR count). The number of hydrogen-bond donors (Lipinski definition) is 1. The lowest BCUT2D eigenvalue weighted by Gasteiger charge is -2.31. The number of nitrogens with one attached hydrogen (secondary N) is 1. The van der Waals surface area contributed by atoms with E-state index in [2.05, 4.69) is 5.32 Å². The Morgan fingerprint density at radius 2 is 1.87 bits per heavy atom. The molecule has 3 nitrogen and oxygen atoms in total. The number of alkyl halides is 3. The van der Waals surface area contributed by atoms with Gasteiger partial charge in [0.05, 0.1) is 0 Å². The predicted octanol–water partition coefficient (Wildman–Crippen LogP) is 6.71. The van der Waals surface area contributed by atoms with Crippen molar-refractivity contribution in [2.24, 2.45) is 0 Å². The zero-order chi connectivity index (χ0) is 22.8. The van der Waals surface area contributed by atoms with E-state index in [9.17, 15) is 18.0 Å². The number of carbonyl (C=O) groups is 1. The third-order valence-corrected chi connectivity index (χ3v) is 5.59. The van der Waals surface area contributed by atoms with Gasteiger partial charge in [-0.15, -0.1) is 0 Å². The molecular weight excluding hydrogens is 450 g/mol. The molecule has 2 aromatic rings. The van der Waals surface area contributed by atoms with Crippen molar-refractivity contribution in [3.8, 4) is 5.75 Å². The van der Waals surface area contributed by atoms with Gasteiger partial charge in [-0.1, -0.05) is 42.6 Å². The van der Waals surface area contributed by atoms with Crippen LogP contribution in [0.4, 0.5) is 13.2 Å². The van der Waals surface area contributed by atoms with E-state index in [0.717, 1.165) is 12.8 Å². The average molecular weight is 472 g/mol. The van der Waals surface area contributed by atoms with Gasteiger partial charge in [0.15, 0.2) is 0 Å². The molecule has 0 saturated carbocycles. The largest absolute Gasteiger partial charge is 0.472 e. The maximum Gasteiger partial charge on any atom is 0.432 e. The number of halogens is 5. The summed E-state index contributed by atoms with van der Waals surface area (Å²) in [5.74, 6) is -0.0703. The van der Waals surface area contributed by atoms with E-state index in [4.69, 9.17) is 27.9 Å². The smallest absolute Gasteiger partial charge is 0.432 e. The molecule has 0 fully saturated rings. The first-order chi connectivity index (χ1) is 14.6. The molecule has 1 aliphatic heterocycles. The lowest BCUT2D eigenvalue weighted by Crippen LogP contribution is -2.46. The lowest BCUT2D eigenvalue weighted by molar-refractivity contribution is -0.248. The van der Waals surface area contributed by atoms with Crippen LogP contribution in [0.15, 0.2) is 42.0 Å². The quantitative estimate of drug-likeness (QED) is 0.375. The lowest BCUT2D eigenvalue weighted by atomic mass is 9.88. The van der Waals surface area contributed by atoms with Crippen LogP contribution in [0.3, 0.4) is 0 Å². The summed E-state index contributed by atoms with van der Waals surface area (Å²) >= 11 is 11.9. The van der Waals surface area contributed by atoms with Gasteiger partial charge in [0.25, 0.3) is 0 Å². The Bertz CT molecular complexity index is 1000. The van der Waals surface area contributed by atoms with E-state index < -0.39 is 18.2 Å². The molecule has 1 amide bonds. The van der Waals surface area contributed by atoms with Crippen LogP contribution in [-0.4, -0.2) is 18.6 Å². The maximum absolute atomic E-state index is 14.2. The highest BCUT2D eigenvalue weighted by molar-refractivity contribution is 6.34. The van der Waals surface area contributed by atoms with Gasteiger partial charge >= 0.3 is 6.18 Å². The highest BCUT2D eigenvalue weighted by Crippen LogP contribution is 2.51. The van der Waals surface area contributed by atoms with Crippen LogP contribution in [-0.2, 0) is 16.8 Å². The van der Waals surface area contributed by atoms with Crippen molar-refractivity contribution in [1.82, 2.24) is 5.32 Å². The number of hydrogen-bond acceptors (Lipinski definition) is 2. The van der Waals surface area contributed by atoms with Gasteiger partial charge in [-0.3, -0.25) is 4.79 Å². The van der Waals surface area contributed by atoms with Crippen molar-refractivity contribution in [2.45, 2.75) is 44.9 Å². The zero-order valence-corrected chi connectivity index (χ0v) is 18.6. The molecule has 166 valence electrons. The molecule has 0 saturated heterocycles. The molecule has 0 radical (unpaired) electrons. The van der Waals surface area contributed by atoms with Crippen molar-refractivity contribution >= 4 is 35.2 Å². The van der Waals surface area contributed by atoms with E-state index in [0.29, 0.717) is 23.2 Å². The summed E-state index contributed by atoms with van der Waals surface area (Å²) in [5, 5.41) is 3.01. The average Bonchev–Trinajstić information content (AvgIpc) is 3.07. The third kappa shape index (κ3) is 5.01. The molecule has 1 atom stereocenters. The minimum atomic E-state index is -4.70. The van der Waals surface area contributed by atoms with E-state index in [1.807, 2.05) is 6.92 Å². The van der Waals surface area contributed by atoms with E-state index in [-0.39, 0.29) is 27.3 Å². The number of carbonyl (C=O) groups excluding carboxylic acids is 1. The molecule has 0 spiro atoms. The van der Waals surface area contributed by atoms with E-state index >= 15 is 0 Å². The highest BCUT2D eigenvalue weighted by Gasteiger charge is 2.61. The highest BCUT2D eigenvalue weighted by atomic mass is 35.5. The Morgan fingerprint density at radius 3 is 2.48 bits per heavy atom. The number of benzene rings is 2. The number of unbranched alkanes of at least 4 members (excludes halogenated alkanes) is 1. The van der Waals surface area contributed by atoms with Crippen LogP contribution < -0.4 is 10.1 Å². The van der Waals surface area contributed by atoms with Gasteiger partial charge < -0.3 is 10.1 Å². The molecule has 1 unspecified atom stereocenters. The summed E-state index contributed by atoms with van der Waals surface area (Å²) in [4.78, 5) is 12.2. The fraction of sp³-hybridized carbons (Fsp3) is 0.348. The molecular formula is C23H22Cl2F3NO2. The predicted molar refractivity (Wildman–Crippen MR) is 117 cm³/mol. The second-order valence-electron chi connectivity index (χ2n) is 7.57. The van der Waals surface area contributed by atoms with Gasteiger partial charge in [0, 0.05) is 34.1 Å². The third-order valence-electron chi connectivity index (χ3n) is 5.15. The maximum atomic E-state index is 14.2. The zero-order valence-electron chi connectivity index (χ0n) is 17.1. The van der Waals surface area contributed by atoms with Crippen LogP contribution in [0.1, 0.15) is 43.4 Å². The second kappa shape index (κ2) is 9.13. The van der Waals surface area contributed by atoms with Crippen LogP contribution in [0.2, 0.25) is 10.0 Å². The molecule has 1 aliphatic rings. The summed E-state index contributed by atoms with van der Waals surface area (Å²) < 4.78 is 48.1. The summed E-state index contributed by atoms with van der Waals surface area (Å²) in [7, 11) is 0. The summed E-state index contributed by atoms with van der Waals surface area (Å²) in [6, 6.07) is 8.53. The Hall–Kier alpha value is -2.18. The van der Waals surface area contributed by atoms with Crippen LogP contribution in [0.5, 0.6) is 5.75 Å². The first-order valence-corrected chi connectivity index (χ1v) is 10.6. The normalized spacial score (nSPS) is 18.5. The van der Waals surface area contributed by atoms with Gasteiger partial charge in [-0.2, -0.15) is 13.2 Å². The molecule has 0 aromatic heterocycles. The fourth-order valence-corrected chi connectivity index (χ4v) is 4.05. The standard InChI is InChI=1S/C23H22Cl2F3NO2/c1-3-4-7-29-21(30)14(2)8-15-5-6-20-16(9-15)13-22(31-20,23(26,27)28)17-10-18(24)12-19(25)11-17/h5-6,8-12H,3-4,7,13H2,1-2H3,(H,29,30). The minimum absolute atomic E-state index is 0.0963. The molecule has 2 aromatic carbocycles. The summed E-state index contributed by atoms with van der Waals surface area (Å²) in [5.41, 5.74) is -1.26. The Balaban J connectivity index is 1.92. The number of fused-ring (bicyclic) bond motifs is 1. The first kappa shape index (κ1) is 23.5. The molecule has 1 N–H and O–H groups in total.